The summed E-state index contributed by atoms with van der Waals surface area (Å²) in [5.41, 5.74) is 0.811. The molecular formula is C10H10N4O2. The predicted octanol–water partition coefficient (Wildman–Crippen LogP) is 0.986. The van der Waals surface area contributed by atoms with E-state index < -0.39 is 12.0 Å². The van der Waals surface area contributed by atoms with Crippen molar-refractivity contribution in [3.8, 4) is 11.4 Å². The maximum atomic E-state index is 10.7. The SMILES string of the molecule is C[C@@H](C(=O)O)n1nnc(-c2ccccc2)n1. The van der Waals surface area contributed by atoms with E-state index in [1.165, 1.54) is 6.92 Å². The summed E-state index contributed by atoms with van der Waals surface area (Å²) in [7, 11) is 0. The van der Waals surface area contributed by atoms with Crippen LogP contribution < -0.4 is 0 Å². The van der Waals surface area contributed by atoms with Crippen molar-refractivity contribution in [1.82, 2.24) is 20.2 Å². The molecule has 1 atom stereocenters. The molecule has 0 unspecified atom stereocenters. The monoisotopic (exact) mass is 218 g/mol. The average Bonchev–Trinajstić information content (AvgIpc) is 2.78. The van der Waals surface area contributed by atoms with Crippen molar-refractivity contribution in [1.29, 1.82) is 0 Å². The van der Waals surface area contributed by atoms with Crippen LogP contribution in [0.25, 0.3) is 11.4 Å². The van der Waals surface area contributed by atoms with Crippen LogP contribution in [0.15, 0.2) is 30.3 Å². The Labute approximate surface area is 91.5 Å². The molecule has 0 fully saturated rings. The van der Waals surface area contributed by atoms with E-state index in [1.807, 2.05) is 30.3 Å². The molecule has 0 radical (unpaired) electrons. The zero-order valence-electron chi connectivity index (χ0n) is 8.61. The lowest BCUT2D eigenvalue weighted by Gasteiger charge is -2.01. The number of benzene rings is 1. The van der Waals surface area contributed by atoms with Gasteiger partial charge in [-0.05, 0) is 12.1 Å². The van der Waals surface area contributed by atoms with E-state index in [4.69, 9.17) is 5.11 Å². The normalized spacial score (nSPS) is 12.3. The lowest BCUT2D eigenvalue weighted by Crippen LogP contribution is -2.18. The third-order valence-electron chi connectivity index (χ3n) is 2.16. The third kappa shape index (κ3) is 1.90. The number of tetrazole rings is 1. The molecule has 2 aromatic rings. The summed E-state index contributed by atoms with van der Waals surface area (Å²) in [6.45, 7) is 1.50. The second kappa shape index (κ2) is 4.09. The van der Waals surface area contributed by atoms with Gasteiger partial charge in [-0.15, -0.1) is 15.0 Å². The fourth-order valence-electron chi connectivity index (χ4n) is 1.19. The quantitative estimate of drug-likeness (QED) is 0.830. The number of carboxylic acid groups (broad SMARTS) is 1. The minimum Gasteiger partial charge on any atom is -0.480 e. The molecule has 1 aromatic heterocycles. The summed E-state index contributed by atoms with van der Waals surface area (Å²) >= 11 is 0. The molecule has 0 saturated heterocycles. The molecule has 82 valence electrons. The summed E-state index contributed by atoms with van der Waals surface area (Å²) in [4.78, 5) is 11.8. The molecular weight excluding hydrogens is 208 g/mol. The van der Waals surface area contributed by atoms with Gasteiger partial charge in [0.15, 0.2) is 6.04 Å². The Balaban J connectivity index is 2.30. The van der Waals surface area contributed by atoms with E-state index in [-0.39, 0.29) is 0 Å². The van der Waals surface area contributed by atoms with Crippen molar-refractivity contribution in [3.05, 3.63) is 30.3 Å². The number of carbonyl (C=O) groups is 1. The number of rotatable bonds is 3. The molecule has 0 aliphatic rings. The van der Waals surface area contributed by atoms with Crippen molar-refractivity contribution in [3.63, 3.8) is 0 Å². The molecule has 0 aliphatic carbocycles. The molecule has 0 spiro atoms. The second-order valence-corrected chi connectivity index (χ2v) is 3.31. The van der Waals surface area contributed by atoms with Crippen molar-refractivity contribution in [2.24, 2.45) is 0 Å². The van der Waals surface area contributed by atoms with Gasteiger partial charge in [0.25, 0.3) is 0 Å². The first-order valence-corrected chi connectivity index (χ1v) is 4.76. The molecule has 6 nitrogen and oxygen atoms in total. The average molecular weight is 218 g/mol. The van der Waals surface area contributed by atoms with Gasteiger partial charge in [0.05, 0.1) is 0 Å². The van der Waals surface area contributed by atoms with Crippen molar-refractivity contribution in [2.45, 2.75) is 13.0 Å². The largest absolute Gasteiger partial charge is 0.480 e. The number of nitrogens with zero attached hydrogens (tertiary/aromatic N) is 4. The zero-order chi connectivity index (χ0) is 11.5. The van der Waals surface area contributed by atoms with E-state index >= 15 is 0 Å². The van der Waals surface area contributed by atoms with Gasteiger partial charge < -0.3 is 5.11 Å². The Morgan fingerprint density at radius 2 is 2.06 bits per heavy atom. The first-order chi connectivity index (χ1) is 7.68. The van der Waals surface area contributed by atoms with Gasteiger partial charge in [-0.3, -0.25) is 0 Å². The molecule has 16 heavy (non-hydrogen) atoms. The molecule has 2 rings (SSSR count). The fourth-order valence-corrected chi connectivity index (χ4v) is 1.19. The standard InChI is InChI=1S/C10H10N4O2/c1-7(10(15)16)14-12-9(11-13-14)8-5-3-2-4-6-8/h2-7H,1H3,(H,15,16)/t7-/m0/s1. The first kappa shape index (κ1) is 10.3. The minimum atomic E-state index is -0.989. The number of hydrogen-bond donors (Lipinski definition) is 1. The smallest absolute Gasteiger partial charge is 0.330 e. The molecule has 0 aliphatic heterocycles. The Morgan fingerprint density at radius 3 is 2.69 bits per heavy atom. The van der Waals surface area contributed by atoms with E-state index in [2.05, 4.69) is 15.4 Å². The molecule has 0 bridgehead atoms. The van der Waals surface area contributed by atoms with Gasteiger partial charge in [-0.1, -0.05) is 30.3 Å². The highest BCUT2D eigenvalue weighted by Crippen LogP contribution is 2.13. The van der Waals surface area contributed by atoms with Gasteiger partial charge in [0.1, 0.15) is 0 Å². The summed E-state index contributed by atoms with van der Waals surface area (Å²) in [6.07, 6.45) is 0. The van der Waals surface area contributed by atoms with Crippen LogP contribution in [-0.4, -0.2) is 31.3 Å². The van der Waals surface area contributed by atoms with Crippen LogP contribution >= 0.6 is 0 Å². The molecule has 0 amide bonds. The van der Waals surface area contributed by atoms with Crippen molar-refractivity contribution in [2.75, 3.05) is 0 Å². The minimum absolute atomic E-state index is 0.425. The van der Waals surface area contributed by atoms with E-state index in [0.717, 1.165) is 10.4 Å². The third-order valence-corrected chi connectivity index (χ3v) is 2.16. The Morgan fingerprint density at radius 1 is 1.38 bits per heavy atom. The van der Waals surface area contributed by atoms with Crippen LogP contribution in [0.5, 0.6) is 0 Å². The number of carboxylic acids is 1. The van der Waals surface area contributed by atoms with Crippen LogP contribution in [0.4, 0.5) is 0 Å². The van der Waals surface area contributed by atoms with Crippen LogP contribution in [0, 0.1) is 0 Å². The summed E-state index contributed by atoms with van der Waals surface area (Å²) < 4.78 is 0. The highest BCUT2D eigenvalue weighted by Gasteiger charge is 2.16. The lowest BCUT2D eigenvalue weighted by molar-refractivity contribution is -0.141. The highest BCUT2D eigenvalue weighted by molar-refractivity contribution is 5.71. The van der Waals surface area contributed by atoms with Crippen LogP contribution in [0.2, 0.25) is 0 Å². The maximum absolute atomic E-state index is 10.7. The van der Waals surface area contributed by atoms with Crippen LogP contribution in [0.1, 0.15) is 13.0 Å². The van der Waals surface area contributed by atoms with Crippen molar-refractivity contribution < 1.29 is 9.90 Å². The summed E-state index contributed by atoms with van der Waals surface area (Å²) in [6, 6.07) is 8.46. The van der Waals surface area contributed by atoms with Crippen molar-refractivity contribution >= 4 is 5.97 Å². The molecule has 1 N–H and O–H groups in total. The zero-order valence-corrected chi connectivity index (χ0v) is 8.61. The second-order valence-electron chi connectivity index (χ2n) is 3.31. The fraction of sp³-hybridized carbons (Fsp3) is 0.200. The molecule has 0 saturated carbocycles. The van der Waals surface area contributed by atoms with Gasteiger partial charge in [-0.2, -0.15) is 0 Å². The van der Waals surface area contributed by atoms with Gasteiger partial charge in [0, 0.05) is 5.56 Å². The number of aliphatic carboxylic acids is 1. The Bertz CT molecular complexity index is 495. The Hall–Kier alpha value is -2.24. The maximum Gasteiger partial charge on any atom is 0.330 e. The lowest BCUT2D eigenvalue weighted by atomic mass is 10.2. The van der Waals surface area contributed by atoms with Gasteiger partial charge >= 0.3 is 5.97 Å². The van der Waals surface area contributed by atoms with E-state index in [0.29, 0.717) is 5.82 Å². The van der Waals surface area contributed by atoms with Gasteiger partial charge in [0.2, 0.25) is 5.82 Å². The first-order valence-electron chi connectivity index (χ1n) is 4.76. The van der Waals surface area contributed by atoms with Crippen LogP contribution in [0.3, 0.4) is 0 Å². The highest BCUT2D eigenvalue weighted by atomic mass is 16.4. The van der Waals surface area contributed by atoms with Gasteiger partial charge in [-0.25, -0.2) is 4.79 Å². The molecule has 1 aromatic carbocycles. The van der Waals surface area contributed by atoms with Crippen LogP contribution in [-0.2, 0) is 4.79 Å². The molecule has 1 heterocycles. The number of hydrogen-bond acceptors (Lipinski definition) is 4. The Kier molecular flexibility index (Phi) is 2.63. The predicted molar refractivity (Wildman–Crippen MR) is 55.6 cm³/mol. The topological polar surface area (TPSA) is 80.9 Å². The molecule has 6 heteroatoms. The number of aromatic nitrogens is 4. The summed E-state index contributed by atoms with van der Waals surface area (Å²) in [5, 5.41) is 20.3. The summed E-state index contributed by atoms with van der Waals surface area (Å²) in [5.74, 6) is -0.564. The van der Waals surface area contributed by atoms with E-state index in [1.54, 1.807) is 0 Å². The van der Waals surface area contributed by atoms with E-state index in [9.17, 15) is 4.79 Å².